The number of nitrogens with one attached hydrogen (secondary N) is 1. The predicted octanol–water partition coefficient (Wildman–Crippen LogP) is 3.48. The quantitative estimate of drug-likeness (QED) is 0.811. The Labute approximate surface area is 168 Å². The molecule has 29 heavy (non-hydrogen) atoms. The molecule has 1 heterocycles. The Hall–Kier alpha value is -3.15. The minimum absolute atomic E-state index is 0.145. The van der Waals surface area contributed by atoms with Crippen molar-refractivity contribution in [3.05, 3.63) is 54.1 Å². The van der Waals surface area contributed by atoms with Crippen molar-refractivity contribution in [1.29, 1.82) is 0 Å². The number of benzene rings is 2. The summed E-state index contributed by atoms with van der Waals surface area (Å²) < 4.78 is 5.19. The molecule has 148 valence electrons. The van der Waals surface area contributed by atoms with Gasteiger partial charge in [-0.05, 0) is 55.4 Å². The third kappa shape index (κ3) is 2.74. The molecule has 0 unspecified atom stereocenters. The third-order valence-electron chi connectivity index (χ3n) is 6.64. The molecule has 2 saturated carbocycles. The van der Waals surface area contributed by atoms with E-state index in [-0.39, 0.29) is 29.6 Å². The molecule has 3 aliphatic rings. The Bertz CT molecular complexity index is 989. The molecule has 2 bridgehead atoms. The molecule has 1 N–H and O–H groups in total. The Morgan fingerprint density at radius 3 is 2.38 bits per heavy atom. The second-order valence-corrected chi connectivity index (χ2v) is 8.10. The van der Waals surface area contributed by atoms with E-state index in [9.17, 15) is 14.4 Å². The number of hydrogen-bond acceptors (Lipinski definition) is 4. The van der Waals surface area contributed by atoms with Crippen molar-refractivity contribution in [3.63, 3.8) is 0 Å². The first-order chi connectivity index (χ1) is 14.1. The highest BCUT2D eigenvalue weighted by molar-refractivity contribution is 6.25. The van der Waals surface area contributed by atoms with E-state index in [1.165, 1.54) is 4.90 Å². The Kier molecular flexibility index (Phi) is 4.15. The first-order valence-electron chi connectivity index (χ1n) is 10.0. The highest BCUT2D eigenvalue weighted by Gasteiger charge is 2.61. The average molecular weight is 390 g/mol. The van der Waals surface area contributed by atoms with Crippen LogP contribution in [-0.2, 0) is 9.59 Å². The van der Waals surface area contributed by atoms with Crippen molar-refractivity contribution in [1.82, 2.24) is 0 Å². The molecule has 1 aliphatic heterocycles. The maximum absolute atomic E-state index is 13.2. The van der Waals surface area contributed by atoms with Gasteiger partial charge in [0.25, 0.3) is 5.91 Å². The smallest absolute Gasteiger partial charge is 0.257 e. The number of para-hydroxylation sites is 1. The van der Waals surface area contributed by atoms with E-state index in [4.69, 9.17) is 4.74 Å². The first kappa shape index (κ1) is 17.9. The standard InChI is InChI=1S/C23H22N2O4/c1-29-16-6-4-5-15(12-16)24-21(26)17-7-2-3-8-18(17)25-22(27)19-13-9-10-14(11-13)20(19)23(25)28/h2-8,12-14,19-20H,9-11H2,1H3,(H,24,26)/t13-,14-,19-,20+/m0/s1. The van der Waals surface area contributed by atoms with Crippen LogP contribution in [0.15, 0.2) is 48.5 Å². The van der Waals surface area contributed by atoms with Gasteiger partial charge in [-0.1, -0.05) is 18.2 Å². The molecule has 4 atom stereocenters. The molecule has 2 aromatic carbocycles. The van der Waals surface area contributed by atoms with Gasteiger partial charge in [0.1, 0.15) is 5.75 Å². The van der Waals surface area contributed by atoms with E-state index in [1.54, 1.807) is 55.6 Å². The van der Waals surface area contributed by atoms with Crippen LogP contribution < -0.4 is 15.0 Å². The second kappa shape index (κ2) is 6.72. The van der Waals surface area contributed by atoms with Crippen LogP contribution in [-0.4, -0.2) is 24.8 Å². The lowest BCUT2D eigenvalue weighted by Gasteiger charge is -2.20. The van der Waals surface area contributed by atoms with Gasteiger partial charge in [0.2, 0.25) is 11.8 Å². The van der Waals surface area contributed by atoms with Gasteiger partial charge in [-0.25, -0.2) is 4.90 Å². The van der Waals surface area contributed by atoms with E-state index >= 15 is 0 Å². The number of amides is 3. The minimum atomic E-state index is -0.366. The number of methoxy groups -OCH3 is 1. The summed E-state index contributed by atoms with van der Waals surface area (Å²) in [4.78, 5) is 40.6. The van der Waals surface area contributed by atoms with E-state index < -0.39 is 0 Å². The van der Waals surface area contributed by atoms with Crippen molar-refractivity contribution in [2.45, 2.75) is 19.3 Å². The number of anilines is 2. The van der Waals surface area contributed by atoms with E-state index in [1.807, 2.05) is 0 Å². The third-order valence-corrected chi connectivity index (χ3v) is 6.64. The normalized spacial score (nSPS) is 27.3. The van der Waals surface area contributed by atoms with Gasteiger partial charge in [0.05, 0.1) is 30.2 Å². The van der Waals surface area contributed by atoms with Crippen molar-refractivity contribution in [2.75, 3.05) is 17.3 Å². The zero-order chi connectivity index (χ0) is 20.1. The van der Waals surface area contributed by atoms with Gasteiger partial charge < -0.3 is 10.1 Å². The number of rotatable bonds is 4. The predicted molar refractivity (Wildman–Crippen MR) is 108 cm³/mol. The SMILES string of the molecule is COc1cccc(NC(=O)c2ccccc2N2C(=O)[C@@H]3[C@H]4CC[C@@H](C4)[C@@H]3C2=O)c1. The second-order valence-electron chi connectivity index (χ2n) is 8.10. The van der Waals surface area contributed by atoms with Crippen LogP contribution in [0.3, 0.4) is 0 Å². The molecule has 3 amide bonds. The van der Waals surface area contributed by atoms with Crippen molar-refractivity contribution in [3.8, 4) is 5.75 Å². The van der Waals surface area contributed by atoms with Crippen molar-refractivity contribution < 1.29 is 19.1 Å². The van der Waals surface area contributed by atoms with Gasteiger partial charge >= 0.3 is 0 Å². The van der Waals surface area contributed by atoms with Gasteiger partial charge in [0.15, 0.2) is 0 Å². The number of carbonyl (C=O) groups excluding carboxylic acids is 3. The van der Waals surface area contributed by atoms with Gasteiger partial charge in [0, 0.05) is 11.8 Å². The van der Waals surface area contributed by atoms with Crippen LogP contribution in [0.5, 0.6) is 5.75 Å². The van der Waals surface area contributed by atoms with Gasteiger partial charge in [-0.3, -0.25) is 14.4 Å². The monoisotopic (exact) mass is 390 g/mol. The van der Waals surface area contributed by atoms with Crippen molar-refractivity contribution in [2.24, 2.45) is 23.7 Å². The molecular weight excluding hydrogens is 368 g/mol. The largest absolute Gasteiger partial charge is 0.497 e. The molecule has 2 aromatic rings. The van der Waals surface area contributed by atoms with Crippen LogP contribution >= 0.6 is 0 Å². The lowest BCUT2D eigenvalue weighted by atomic mass is 9.81. The van der Waals surface area contributed by atoms with E-state index in [2.05, 4.69) is 5.32 Å². The number of imide groups is 1. The summed E-state index contributed by atoms with van der Waals surface area (Å²) in [6.07, 6.45) is 3.03. The molecular formula is C23H22N2O4. The highest BCUT2D eigenvalue weighted by atomic mass is 16.5. The maximum Gasteiger partial charge on any atom is 0.257 e. The number of fused-ring (bicyclic) bond motifs is 5. The molecule has 2 aliphatic carbocycles. The number of hydrogen-bond donors (Lipinski definition) is 1. The van der Waals surface area contributed by atoms with E-state index in [0.29, 0.717) is 34.5 Å². The fourth-order valence-electron chi connectivity index (χ4n) is 5.41. The molecule has 5 rings (SSSR count). The number of ether oxygens (including phenoxy) is 1. The zero-order valence-corrected chi connectivity index (χ0v) is 16.1. The van der Waals surface area contributed by atoms with Crippen LogP contribution in [0.25, 0.3) is 0 Å². The van der Waals surface area contributed by atoms with E-state index in [0.717, 1.165) is 19.3 Å². The molecule has 0 spiro atoms. The molecule has 3 fully saturated rings. The van der Waals surface area contributed by atoms with Crippen LogP contribution in [0.1, 0.15) is 29.6 Å². The average Bonchev–Trinajstić information content (AvgIpc) is 3.42. The Balaban J connectivity index is 1.46. The molecule has 1 saturated heterocycles. The molecule has 0 aromatic heterocycles. The van der Waals surface area contributed by atoms with Crippen LogP contribution in [0.2, 0.25) is 0 Å². The lowest BCUT2D eigenvalue weighted by molar-refractivity contribution is -0.123. The molecule has 0 radical (unpaired) electrons. The number of carbonyl (C=O) groups is 3. The van der Waals surface area contributed by atoms with Gasteiger partial charge in [-0.15, -0.1) is 0 Å². The fourth-order valence-corrected chi connectivity index (χ4v) is 5.41. The minimum Gasteiger partial charge on any atom is -0.497 e. The number of nitrogens with zero attached hydrogens (tertiary/aromatic N) is 1. The summed E-state index contributed by atoms with van der Waals surface area (Å²) in [7, 11) is 1.56. The summed E-state index contributed by atoms with van der Waals surface area (Å²) in [5.41, 5.74) is 1.26. The van der Waals surface area contributed by atoms with Crippen molar-refractivity contribution >= 4 is 29.1 Å². The summed E-state index contributed by atoms with van der Waals surface area (Å²) in [5, 5.41) is 2.84. The Morgan fingerprint density at radius 1 is 1.00 bits per heavy atom. The highest BCUT2D eigenvalue weighted by Crippen LogP contribution is 2.56. The maximum atomic E-state index is 13.2. The molecule has 6 nitrogen and oxygen atoms in total. The summed E-state index contributed by atoms with van der Waals surface area (Å²) in [5.74, 6) is 0.168. The fraction of sp³-hybridized carbons (Fsp3) is 0.348. The lowest BCUT2D eigenvalue weighted by Crippen LogP contribution is -2.34. The topological polar surface area (TPSA) is 75.7 Å². The van der Waals surface area contributed by atoms with Gasteiger partial charge in [-0.2, -0.15) is 0 Å². The summed E-state index contributed by atoms with van der Waals surface area (Å²) >= 11 is 0. The summed E-state index contributed by atoms with van der Waals surface area (Å²) in [6, 6.07) is 13.9. The van der Waals surface area contributed by atoms with Crippen LogP contribution in [0.4, 0.5) is 11.4 Å². The zero-order valence-electron chi connectivity index (χ0n) is 16.1. The Morgan fingerprint density at radius 2 is 1.69 bits per heavy atom. The molecule has 6 heteroatoms. The first-order valence-corrected chi connectivity index (χ1v) is 10.0. The summed E-state index contributed by atoms with van der Waals surface area (Å²) in [6.45, 7) is 0. The van der Waals surface area contributed by atoms with Crippen LogP contribution in [0, 0.1) is 23.7 Å².